The molecule has 1 N–H and O–H groups in total. The number of likely N-dealkylation sites (tertiary alicyclic amines) is 2. The van der Waals surface area contributed by atoms with Gasteiger partial charge in [0, 0.05) is 24.2 Å². The van der Waals surface area contributed by atoms with Crippen LogP contribution in [0, 0.1) is 11.8 Å². The number of carboxylic acids is 1. The number of hydrogen-bond acceptors (Lipinski definition) is 9. The van der Waals surface area contributed by atoms with Crippen molar-refractivity contribution in [1.82, 2.24) is 29.4 Å². The second kappa shape index (κ2) is 31.9. The standard InChI is InChI=1S/C31H43N3O5.C24H37N3O5.6H2S/c1-3-12-26-29(36)33(24-16-8-5-9-17-24)31(38)32(26)21(2)28(35)34-25-18-11-10-15-23(25)19-27(34)30(37)39-20-22-13-6-4-7-14-22;1-3-9-19-22(29)26(17-11-5-4-6-12-17)24(32)25(19)15(2)21(28)27-18-13-8-7-10-16(18)14-20(27)23(30)31;;;;;;/h4,6-7,13-14,21,23-27H,3,5,8-12,15-20H2,1-2H3;15-20H,3-14H2,1-2H3,(H,30,31);6*1H2/t21-,23-,25-,26?,27-;15-,16-,18-,19?,20-;;;;;;/m00....../s1. The van der Waals surface area contributed by atoms with E-state index in [1.54, 1.807) is 23.6 Å². The molecular weight excluding hydrogens is 1100 g/mol. The highest BCUT2D eigenvalue weighted by Gasteiger charge is 2.56. The van der Waals surface area contributed by atoms with Gasteiger partial charge in [-0.1, -0.05) is 121 Å². The molecule has 22 heteroatoms. The number of amides is 8. The van der Waals surface area contributed by atoms with Gasteiger partial charge in [-0.25, -0.2) is 19.2 Å². The van der Waals surface area contributed by atoms with Gasteiger partial charge in [-0.3, -0.25) is 29.0 Å². The first-order chi connectivity index (χ1) is 34.3. The summed E-state index contributed by atoms with van der Waals surface area (Å²) in [5.74, 6) is -1.80. The fourth-order valence-electron chi connectivity index (χ4n) is 14.0. The SMILES string of the molecule is CCCC1C(=O)N(C2CCCCC2)C(=O)N1[C@@H](C)C(=O)N1[C@H](C(=O)O)C[C@@H]2CCCC[C@@H]21.CCCC1C(=O)N(C2CCCCC2)C(=O)N1[C@@H](C)C(=O)N1[C@H](C(=O)OCc2ccccc2)C[C@@H]2CCCC[C@@H]21.S.S.S.S.S.S. The van der Waals surface area contributed by atoms with E-state index in [0.717, 1.165) is 134 Å². The second-order valence-electron chi connectivity index (χ2n) is 22.0. The number of nitrogens with zero attached hydrogens (tertiary/aromatic N) is 6. The Morgan fingerprint density at radius 2 is 0.922 bits per heavy atom. The van der Waals surface area contributed by atoms with Crippen LogP contribution in [0.3, 0.4) is 0 Å². The molecule has 1 aromatic carbocycles. The van der Waals surface area contributed by atoms with Gasteiger partial charge in [0.15, 0.2) is 0 Å². The molecule has 438 valence electrons. The van der Waals surface area contributed by atoms with E-state index in [1.165, 1.54) is 19.6 Å². The largest absolute Gasteiger partial charge is 0.480 e. The molecule has 8 aliphatic rings. The Morgan fingerprint density at radius 3 is 1.32 bits per heavy atom. The average Bonchev–Trinajstić information content (AvgIpc) is 4.11. The van der Waals surface area contributed by atoms with Crippen molar-refractivity contribution in [3.8, 4) is 0 Å². The highest BCUT2D eigenvalue weighted by atomic mass is 32.1. The van der Waals surface area contributed by atoms with E-state index in [2.05, 4.69) is 0 Å². The molecule has 4 saturated carbocycles. The number of benzene rings is 1. The minimum absolute atomic E-state index is 0. The van der Waals surface area contributed by atoms with E-state index in [-0.39, 0.29) is 165 Å². The Balaban J connectivity index is 0.000000496. The van der Waals surface area contributed by atoms with Gasteiger partial charge in [0.05, 0.1) is 0 Å². The Labute approximate surface area is 499 Å². The summed E-state index contributed by atoms with van der Waals surface area (Å²) in [6.45, 7) is 7.55. The van der Waals surface area contributed by atoms with Gasteiger partial charge in [0.2, 0.25) is 11.8 Å². The maximum atomic E-state index is 14.3. The van der Waals surface area contributed by atoms with E-state index in [4.69, 9.17) is 4.74 Å². The van der Waals surface area contributed by atoms with Crippen LogP contribution in [0.2, 0.25) is 0 Å². The Kier molecular flexibility index (Phi) is 29.1. The first-order valence-electron chi connectivity index (χ1n) is 27.7. The number of esters is 1. The van der Waals surface area contributed by atoms with Crippen LogP contribution in [-0.2, 0) is 40.1 Å². The lowest BCUT2D eigenvalue weighted by Gasteiger charge is -2.37. The van der Waals surface area contributed by atoms with Crippen molar-refractivity contribution in [3.63, 3.8) is 0 Å². The molecule has 4 heterocycles. The molecule has 4 aliphatic carbocycles. The van der Waals surface area contributed by atoms with Crippen molar-refractivity contribution in [1.29, 1.82) is 0 Å². The van der Waals surface area contributed by atoms with E-state index in [9.17, 15) is 43.5 Å². The topological polar surface area (TPSA) is 185 Å². The highest BCUT2D eigenvalue weighted by molar-refractivity contribution is 7.60. The summed E-state index contributed by atoms with van der Waals surface area (Å²) in [4.78, 5) is 117. The van der Waals surface area contributed by atoms with E-state index >= 15 is 0 Å². The molecular formula is C55H92N6O10S6. The number of fused-ring (bicyclic) bond motifs is 2. The first-order valence-corrected chi connectivity index (χ1v) is 27.7. The third-order valence-electron chi connectivity index (χ3n) is 17.6. The summed E-state index contributed by atoms with van der Waals surface area (Å²) in [5, 5.41) is 9.83. The lowest BCUT2D eigenvalue weighted by molar-refractivity contribution is -0.157. The van der Waals surface area contributed by atoms with Crippen molar-refractivity contribution in [2.45, 2.75) is 249 Å². The van der Waals surface area contributed by atoms with E-state index in [1.807, 2.05) is 44.2 Å². The summed E-state index contributed by atoms with van der Waals surface area (Å²) in [6, 6.07) is 4.12. The fourth-order valence-corrected chi connectivity index (χ4v) is 14.0. The van der Waals surface area contributed by atoms with Gasteiger partial charge in [-0.2, -0.15) is 81.0 Å². The number of aliphatic carboxylic acids is 1. The number of carbonyl (C=O) groups excluding carboxylic acids is 7. The zero-order chi connectivity index (χ0) is 50.5. The number of ether oxygens (including phenoxy) is 1. The molecule has 0 aromatic heterocycles. The van der Waals surface area contributed by atoms with Crippen LogP contribution in [-0.4, -0.2) is 143 Å². The molecule has 16 nitrogen and oxygen atoms in total. The lowest BCUT2D eigenvalue weighted by atomic mass is 9.84. The predicted molar refractivity (Wildman–Crippen MR) is 326 cm³/mol. The summed E-state index contributed by atoms with van der Waals surface area (Å²) >= 11 is 0. The number of urea groups is 2. The highest BCUT2D eigenvalue weighted by Crippen LogP contribution is 2.43. The molecule has 4 saturated heterocycles. The summed E-state index contributed by atoms with van der Waals surface area (Å²) in [7, 11) is 0. The number of carboxylic acid groups (broad SMARTS) is 1. The zero-order valence-electron chi connectivity index (χ0n) is 45.8. The molecule has 8 amide bonds. The van der Waals surface area contributed by atoms with Crippen molar-refractivity contribution in [2.24, 2.45) is 11.8 Å². The quantitative estimate of drug-likeness (QED) is 0.139. The molecule has 8 fully saturated rings. The van der Waals surface area contributed by atoms with Crippen molar-refractivity contribution >= 4 is 129 Å². The minimum atomic E-state index is -0.974. The fraction of sp³-hybridized carbons (Fsp3) is 0.745. The lowest BCUT2D eigenvalue weighted by Crippen LogP contribution is -2.56. The first kappa shape index (κ1) is 70.2. The number of carbonyl (C=O) groups is 8. The Bertz CT molecular complexity index is 2140. The number of hydrogen-bond donors (Lipinski definition) is 1. The predicted octanol–water partition coefficient (Wildman–Crippen LogP) is 9.11. The summed E-state index contributed by atoms with van der Waals surface area (Å²) in [5.41, 5.74) is 0.902. The molecule has 0 spiro atoms. The van der Waals surface area contributed by atoms with Gasteiger partial charge in [0.25, 0.3) is 11.8 Å². The summed E-state index contributed by atoms with van der Waals surface area (Å²) in [6.07, 6.45) is 20.9. The van der Waals surface area contributed by atoms with Gasteiger partial charge in [-0.05, 0) is 108 Å². The van der Waals surface area contributed by atoms with Crippen LogP contribution in [0.25, 0.3) is 0 Å². The third-order valence-corrected chi connectivity index (χ3v) is 17.6. The second-order valence-corrected chi connectivity index (χ2v) is 22.0. The smallest absolute Gasteiger partial charge is 0.329 e. The van der Waals surface area contributed by atoms with Crippen LogP contribution in [0.1, 0.15) is 187 Å². The van der Waals surface area contributed by atoms with Gasteiger partial charge >= 0.3 is 24.0 Å². The molecule has 2 unspecified atom stereocenters. The normalized spacial score (nSPS) is 27.9. The minimum Gasteiger partial charge on any atom is -0.480 e. The van der Waals surface area contributed by atoms with Gasteiger partial charge in [-0.15, -0.1) is 0 Å². The third kappa shape index (κ3) is 14.8. The van der Waals surface area contributed by atoms with Crippen LogP contribution >= 0.6 is 81.0 Å². The van der Waals surface area contributed by atoms with E-state index < -0.39 is 42.2 Å². The van der Waals surface area contributed by atoms with Crippen LogP contribution in [0.4, 0.5) is 9.59 Å². The maximum Gasteiger partial charge on any atom is 0.329 e. The van der Waals surface area contributed by atoms with Gasteiger partial charge < -0.3 is 29.4 Å². The molecule has 1 aromatic rings. The van der Waals surface area contributed by atoms with E-state index in [0.29, 0.717) is 25.7 Å². The number of imide groups is 2. The molecule has 77 heavy (non-hydrogen) atoms. The molecule has 9 rings (SSSR count). The molecule has 4 aliphatic heterocycles. The van der Waals surface area contributed by atoms with Crippen molar-refractivity contribution in [3.05, 3.63) is 35.9 Å². The van der Waals surface area contributed by atoms with Crippen LogP contribution < -0.4 is 0 Å². The van der Waals surface area contributed by atoms with Gasteiger partial charge in [0.1, 0.15) is 42.9 Å². The Hall–Kier alpha value is -2.92. The van der Waals surface area contributed by atoms with Crippen molar-refractivity contribution < 1.29 is 48.2 Å². The molecule has 10 atom stereocenters. The summed E-state index contributed by atoms with van der Waals surface area (Å²) < 4.78 is 5.72. The van der Waals surface area contributed by atoms with Crippen LogP contribution in [0.15, 0.2) is 30.3 Å². The monoisotopic (exact) mass is 1190 g/mol. The Morgan fingerprint density at radius 1 is 0.545 bits per heavy atom. The van der Waals surface area contributed by atoms with Crippen molar-refractivity contribution in [2.75, 3.05) is 0 Å². The average molecular weight is 1190 g/mol. The zero-order valence-corrected chi connectivity index (χ0v) is 51.8. The maximum absolute atomic E-state index is 14.3. The number of rotatable bonds is 14. The molecule has 0 bridgehead atoms. The molecule has 0 radical (unpaired) electrons. The van der Waals surface area contributed by atoms with Crippen LogP contribution in [0.5, 0.6) is 0 Å².